The van der Waals surface area contributed by atoms with Crippen molar-refractivity contribution in [2.24, 2.45) is 0 Å². The lowest BCUT2D eigenvalue weighted by molar-refractivity contribution is 0.130. The van der Waals surface area contributed by atoms with E-state index in [1.54, 1.807) is 0 Å². The van der Waals surface area contributed by atoms with Gasteiger partial charge in [-0.25, -0.2) is 0 Å². The molecule has 0 aromatic carbocycles. The lowest BCUT2D eigenvalue weighted by atomic mass is 9.96. The van der Waals surface area contributed by atoms with Gasteiger partial charge >= 0.3 is 0 Å². The molecule has 0 spiro atoms. The summed E-state index contributed by atoms with van der Waals surface area (Å²) in [5.41, 5.74) is 0. The third-order valence-corrected chi connectivity index (χ3v) is 4.65. The molecule has 0 radical (unpaired) electrons. The number of hydrogen-bond acceptors (Lipinski definition) is 7. The number of aryl methyl sites for hydroxylation is 1. The van der Waals surface area contributed by atoms with Crippen molar-refractivity contribution in [3.05, 3.63) is 23.4 Å². The Kier molecular flexibility index (Phi) is 3.44. The minimum atomic E-state index is 0.124. The minimum absolute atomic E-state index is 0.124. The number of piperidine rings is 1. The highest BCUT2D eigenvalue weighted by molar-refractivity contribution is 5.06. The summed E-state index contributed by atoms with van der Waals surface area (Å²) in [6, 6.07) is 0.124. The third-order valence-electron chi connectivity index (χ3n) is 4.65. The van der Waals surface area contributed by atoms with Gasteiger partial charge in [-0.2, -0.15) is 9.97 Å². The first-order valence-corrected chi connectivity index (χ1v) is 8.08. The predicted octanol–water partition coefficient (Wildman–Crippen LogP) is 2.58. The van der Waals surface area contributed by atoms with E-state index in [0.717, 1.165) is 37.6 Å². The Morgan fingerprint density at radius 2 is 1.95 bits per heavy atom. The van der Waals surface area contributed by atoms with E-state index < -0.39 is 0 Å². The Bertz CT molecular complexity index is 648. The SMILES string of the molecule is Cc1noc([C@H](C)N2CCC[C@H](c3noc(C4CC4)n3)C2)n1. The molecule has 1 aliphatic heterocycles. The predicted molar refractivity (Wildman–Crippen MR) is 77.3 cm³/mol. The zero-order chi connectivity index (χ0) is 15.1. The number of aromatic nitrogens is 4. The highest BCUT2D eigenvalue weighted by Gasteiger charge is 2.33. The van der Waals surface area contributed by atoms with Gasteiger partial charge in [0.1, 0.15) is 0 Å². The van der Waals surface area contributed by atoms with Crippen molar-refractivity contribution in [1.29, 1.82) is 0 Å². The average Bonchev–Trinajstić information content (AvgIpc) is 3.10. The van der Waals surface area contributed by atoms with E-state index in [2.05, 4.69) is 32.1 Å². The van der Waals surface area contributed by atoms with Gasteiger partial charge in [-0.3, -0.25) is 4.90 Å². The molecule has 7 heteroatoms. The molecule has 1 aliphatic carbocycles. The zero-order valence-corrected chi connectivity index (χ0v) is 13.0. The van der Waals surface area contributed by atoms with Crippen molar-refractivity contribution in [2.75, 3.05) is 13.1 Å². The van der Waals surface area contributed by atoms with Crippen LogP contribution in [0.25, 0.3) is 0 Å². The molecule has 2 fully saturated rings. The van der Waals surface area contributed by atoms with Crippen molar-refractivity contribution >= 4 is 0 Å². The fourth-order valence-electron chi connectivity index (χ4n) is 3.12. The molecule has 3 heterocycles. The molecular formula is C15H21N5O2. The maximum absolute atomic E-state index is 5.40. The Morgan fingerprint density at radius 3 is 2.68 bits per heavy atom. The first kappa shape index (κ1) is 13.9. The van der Waals surface area contributed by atoms with Gasteiger partial charge in [-0.1, -0.05) is 10.3 Å². The fourth-order valence-corrected chi connectivity index (χ4v) is 3.12. The number of likely N-dealkylation sites (tertiary alicyclic amines) is 1. The standard InChI is InChI=1S/C15H21N5O2/c1-9(14-16-10(2)18-21-14)20-7-3-4-12(8-20)13-17-15(22-19-13)11-5-6-11/h9,11-12H,3-8H2,1-2H3/t9-,12-/m0/s1. The summed E-state index contributed by atoms with van der Waals surface area (Å²) in [6.07, 6.45) is 4.60. The van der Waals surface area contributed by atoms with E-state index in [-0.39, 0.29) is 6.04 Å². The topological polar surface area (TPSA) is 81.1 Å². The molecule has 2 aromatic heterocycles. The molecule has 4 rings (SSSR count). The Balaban J connectivity index is 1.46. The van der Waals surface area contributed by atoms with Gasteiger partial charge in [0.25, 0.3) is 0 Å². The average molecular weight is 303 g/mol. The second-order valence-electron chi connectivity index (χ2n) is 6.45. The summed E-state index contributed by atoms with van der Waals surface area (Å²) in [5, 5.41) is 8.09. The van der Waals surface area contributed by atoms with Crippen LogP contribution in [0, 0.1) is 6.92 Å². The summed E-state index contributed by atoms with van der Waals surface area (Å²) in [5.74, 6) is 3.90. The second kappa shape index (κ2) is 5.46. The molecule has 0 unspecified atom stereocenters. The van der Waals surface area contributed by atoms with Crippen LogP contribution in [0.3, 0.4) is 0 Å². The molecule has 2 aliphatic rings. The summed E-state index contributed by atoms with van der Waals surface area (Å²) in [7, 11) is 0. The lowest BCUT2D eigenvalue weighted by Gasteiger charge is -2.34. The van der Waals surface area contributed by atoms with Gasteiger partial charge in [-0.15, -0.1) is 0 Å². The molecule has 7 nitrogen and oxygen atoms in total. The number of rotatable bonds is 4. The van der Waals surface area contributed by atoms with Crippen LogP contribution < -0.4 is 0 Å². The molecular weight excluding hydrogens is 282 g/mol. The number of hydrogen-bond donors (Lipinski definition) is 0. The molecule has 1 saturated heterocycles. The van der Waals surface area contributed by atoms with Crippen molar-refractivity contribution < 1.29 is 9.05 Å². The van der Waals surface area contributed by atoms with Crippen molar-refractivity contribution in [3.8, 4) is 0 Å². The fraction of sp³-hybridized carbons (Fsp3) is 0.733. The second-order valence-corrected chi connectivity index (χ2v) is 6.45. The Labute approximate surface area is 129 Å². The van der Waals surface area contributed by atoms with E-state index in [4.69, 9.17) is 9.05 Å². The quantitative estimate of drug-likeness (QED) is 0.858. The van der Waals surface area contributed by atoms with Gasteiger partial charge in [0, 0.05) is 18.4 Å². The maximum atomic E-state index is 5.40. The van der Waals surface area contributed by atoms with Crippen LogP contribution in [0.1, 0.15) is 73.9 Å². The van der Waals surface area contributed by atoms with Crippen LogP contribution >= 0.6 is 0 Å². The number of nitrogens with zero attached hydrogens (tertiary/aromatic N) is 5. The lowest BCUT2D eigenvalue weighted by Crippen LogP contribution is -2.36. The van der Waals surface area contributed by atoms with Gasteiger partial charge in [0.15, 0.2) is 11.6 Å². The molecule has 0 amide bonds. The minimum Gasteiger partial charge on any atom is -0.339 e. The van der Waals surface area contributed by atoms with Crippen LogP contribution in [0.15, 0.2) is 9.05 Å². The molecule has 22 heavy (non-hydrogen) atoms. The normalized spacial score (nSPS) is 24.5. The van der Waals surface area contributed by atoms with E-state index in [1.165, 1.54) is 12.8 Å². The molecule has 0 N–H and O–H groups in total. The van der Waals surface area contributed by atoms with Crippen LogP contribution in [-0.4, -0.2) is 38.3 Å². The summed E-state index contributed by atoms with van der Waals surface area (Å²) in [4.78, 5) is 11.3. The van der Waals surface area contributed by atoms with Crippen LogP contribution in [0.2, 0.25) is 0 Å². The van der Waals surface area contributed by atoms with Gasteiger partial charge < -0.3 is 9.05 Å². The summed E-state index contributed by atoms with van der Waals surface area (Å²) >= 11 is 0. The van der Waals surface area contributed by atoms with E-state index in [9.17, 15) is 0 Å². The van der Waals surface area contributed by atoms with Gasteiger partial charge in [-0.05, 0) is 46.1 Å². The summed E-state index contributed by atoms with van der Waals surface area (Å²) < 4.78 is 10.7. The van der Waals surface area contributed by atoms with Crippen molar-refractivity contribution in [2.45, 2.75) is 57.4 Å². The molecule has 2 atom stereocenters. The first-order chi connectivity index (χ1) is 10.7. The summed E-state index contributed by atoms with van der Waals surface area (Å²) in [6.45, 7) is 5.90. The van der Waals surface area contributed by atoms with Crippen LogP contribution in [-0.2, 0) is 0 Å². The molecule has 118 valence electrons. The highest BCUT2D eigenvalue weighted by Crippen LogP contribution is 2.40. The van der Waals surface area contributed by atoms with Gasteiger partial charge in [0.2, 0.25) is 11.8 Å². The molecule has 0 bridgehead atoms. The first-order valence-electron chi connectivity index (χ1n) is 8.08. The Hall–Kier alpha value is -1.76. The van der Waals surface area contributed by atoms with E-state index in [1.807, 2.05) is 6.92 Å². The Morgan fingerprint density at radius 1 is 1.09 bits per heavy atom. The van der Waals surface area contributed by atoms with E-state index >= 15 is 0 Å². The van der Waals surface area contributed by atoms with Crippen LogP contribution in [0.5, 0.6) is 0 Å². The third kappa shape index (κ3) is 2.65. The molecule has 1 saturated carbocycles. The zero-order valence-electron chi connectivity index (χ0n) is 13.0. The molecule has 2 aromatic rings. The maximum Gasteiger partial charge on any atom is 0.243 e. The van der Waals surface area contributed by atoms with Crippen molar-refractivity contribution in [3.63, 3.8) is 0 Å². The van der Waals surface area contributed by atoms with E-state index in [0.29, 0.717) is 23.6 Å². The van der Waals surface area contributed by atoms with Gasteiger partial charge in [0.05, 0.1) is 6.04 Å². The van der Waals surface area contributed by atoms with Crippen molar-refractivity contribution in [1.82, 2.24) is 25.2 Å². The van der Waals surface area contributed by atoms with Crippen LogP contribution in [0.4, 0.5) is 0 Å². The largest absolute Gasteiger partial charge is 0.339 e. The smallest absolute Gasteiger partial charge is 0.243 e. The highest BCUT2D eigenvalue weighted by atomic mass is 16.5. The monoisotopic (exact) mass is 303 g/mol.